The second-order valence-electron chi connectivity index (χ2n) is 4.74. The summed E-state index contributed by atoms with van der Waals surface area (Å²) in [4.78, 5) is 22.4. The molecule has 21 heavy (non-hydrogen) atoms. The zero-order chi connectivity index (χ0) is 15.6. The summed E-state index contributed by atoms with van der Waals surface area (Å²) in [5.41, 5.74) is -0.0706. The second-order valence-corrected chi connectivity index (χ2v) is 6.96. The fraction of sp³-hybridized carbons (Fsp3) is 0.333. The number of phenolic OH excluding ortho intramolecular Hbond substituents is 1. The summed E-state index contributed by atoms with van der Waals surface area (Å²) in [5, 5.41) is 23.2. The van der Waals surface area contributed by atoms with Gasteiger partial charge in [0.15, 0.2) is 9.84 Å². The van der Waals surface area contributed by atoms with Crippen molar-refractivity contribution >= 4 is 27.5 Å². The molecule has 4 N–H and O–H groups in total. The number of benzene rings is 1. The molecule has 114 valence electrons. The molecule has 1 aromatic carbocycles. The van der Waals surface area contributed by atoms with E-state index in [9.17, 15) is 23.1 Å². The minimum atomic E-state index is -3.09. The summed E-state index contributed by atoms with van der Waals surface area (Å²) >= 11 is 0. The van der Waals surface area contributed by atoms with Gasteiger partial charge >= 0.3 is 12.0 Å². The first-order valence-corrected chi connectivity index (χ1v) is 7.93. The van der Waals surface area contributed by atoms with E-state index in [0.29, 0.717) is 6.42 Å². The molecule has 0 aromatic heterocycles. The van der Waals surface area contributed by atoms with E-state index in [1.807, 2.05) is 0 Å². The first-order valence-electron chi connectivity index (χ1n) is 6.11. The monoisotopic (exact) mass is 314 g/mol. The number of nitrogens with one attached hydrogen (secondary N) is 2. The number of rotatable bonds is 3. The van der Waals surface area contributed by atoms with Gasteiger partial charge in [0.05, 0.1) is 22.8 Å². The molecule has 2 rings (SSSR count). The second kappa shape index (κ2) is 5.60. The average molecular weight is 314 g/mol. The Morgan fingerprint density at radius 3 is 2.52 bits per heavy atom. The van der Waals surface area contributed by atoms with E-state index in [4.69, 9.17) is 5.11 Å². The fourth-order valence-corrected chi connectivity index (χ4v) is 3.70. The molecule has 0 spiro atoms. The Morgan fingerprint density at radius 2 is 2.00 bits per heavy atom. The smallest absolute Gasteiger partial charge is 0.335 e. The van der Waals surface area contributed by atoms with Crippen molar-refractivity contribution in [3.8, 4) is 5.75 Å². The van der Waals surface area contributed by atoms with E-state index >= 15 is 0 Å². The zero-order valence-corrected chi connectivity index (χ0v) is 11.7. The fourth-order valence-electron chi connectivity index (χ4n) is 2.02. The average Bonchev–Trinajstić information content (AvgIpc) is 2.70. The number of urea groups is 1. The number of carbonyl (C=O) groups excluding carboxylic acids is 1. The van der Waals surface area contributed by atoms with E-state index in [0.717, 1.165) is 6.07 Å². The number of amides is 2. The highest BCUT2D eigenvalue weighted by Gasteiger charge is 2.29. The van der Waals surface area contributed by atoms with Gasteiger partial charge in [-0.2, -0.15) is 0 Å². The Labute approximate surface area is 120 Å². The highest BCUT2D eigenvalue weighted by Crippen LogP contribution is 2.24. The summed E-state index contributed by atoms with van der Waals surface area (Å²) in [6.45, 7) is 0. The lowest BCUT2D eigenvalue weighted by Crippen LogP contribution is -2.38. The van der Waals surface area contributed by atoms with Gasteiger partial charge in [-0.05, 0) is 24.6 Å². The van der Waals surface area contributed by atoms with E-state index in [1.165, 1.54) is 12.1 Å². The molecular formula is C12H14N2O6S. The molecule has 0 bridgehead atoms. The van der Waals surface area contributed by atoms with Gasteiger partial charge < -0.3 is 20.8 Å². The Balaban J connectivity index is 1.98. The molecule has 1 aliphatic rings. The third kappa shape index (κ3) is 3.85. The van der Waals surface area contributed by atoms with Crippen molar-refractivity contribution in [1.29, 1.82) is 0 Å². The van der Waals surface area contributed by atoms with Gasteiger partial charge in [-0.1, -0.05) is 0 Å². The van der Waals surface area contributed by atoms with Crippen LogP contribution in [0.4, 0.5) is 10.5 Å². The van der Waals surface area contributed by atoms with Crippen LogP contribution in [-0.2, 0) is 9.84 Å². The highest BCUT2D eigenvalue weighted by atomic mass is 32.2. The van der Waals surface area contributed by atoms with Crippen LogP contribution in [0.1, 0.15) is 16.8 Å². The molecule has 1 unspecified atom stereocenters. The van der Waals surface area contributed by atoms with Crippen molar-refractivity contribution in [3.05, 3.63) is 23.8 Å². The van der Waals surface area contributed by atoms with Gasteiger partial charge in [-0.3, -0.25) is 0 Å². The standard InChI is InChI=1S/C12H14N2O6S/c15-10-5-7(11(16)17)1-2-9(10)14-12(18)13-8-3-4-21(19,20)6-8/h1-2,5,8,15H,3-4,6H2,(H,16,17)(H2,13,14,18). The molecule has 0 saturated carbocycles. The van der Waals surface area contributed by atoms with E-state index in [-0.39, 0.29) is 28.5 Å². The first-order chi connectivity index (χ1) is 9.77. The largest absolute Gasteiger partial charge is 0.506 e. The minimum absolute atomic E-state index is 0.0382. The molecular weight excluding hydrogens is 300 g/mol. The number of sulfone groups is 1. The van der Waals surface area contributed by atoms with Gasteiger partial charge in [0.1, 0.15) is 5.75 Å². The SMILES string of the molecule is O=C(Nc1ccc(C(=O)O)cc1O)NC1CCS(=O)(=O)C1. The normalized spacial score (nSPS) is 19.9. The molecule has 2 amide bonds. The van der Waals surface area contributed by atoms with Crippen LogP contribution in [0.15, 0.2) is 18.2 Å². The van der Waals surface area contributed by atoms with Gasteiger partial charge in [0.2, 0.25) is 0 Å². The van der Waals surface area contributed by atoms with Crippen molar-refractivity contribution in [2.45, 2.75) is 12.5 Å². The lowest BCUT2D eigenvalue weighted by Gasteiger charge is -2.13. The topological polar surface area (TPSA) is 133 Å². The van der Waals surface area contributed by atoms with Gasteiger partial charge in [-0.15, -0.1) is 0 Å². The lowest BCUT2D eigenvalue weighted by molar-refractivity contribution is 0.0696. The maximum Gasteiger partial charge on any atom is 0.335 e. The predicted octanol–water partition coefficient (Wildman–Crippen LogP) is 0.399. The van der Waals surface area contributed by atoms with Crippen LogP contribution in [-0.4, -0.2) is 48.2 Å². The van der Waals surface area contributed by atoms with Gasteiger partial charge in [0, 0.05) is 6.04 Å². The van der Waals surface area contributed by atoms with Crippen LogP contribution < -0.4 is 10.6 Å². The Bertz CT molecular complexity index is 685. The molecule has 0 radical (unpaired) electrons. The van der Waals surface area contributed by atoms with Crippen molar-refractivity contribution < 1.29 is 28.2 Å². The number of carbonyl (C=O) groups is 2. The summed E-state index contributed by atoms with van der Waals surface area (Å²) in [5.74, 6) is -1.65. The van der Waals surface area contributed by atoms with Crippen LogP contribution in [0.5, 0.6) is 5.75 Å². The predicted molar refractivity (Wildman–Crippen MR) is 74.3 cm³/mol. The van der Waals surface area contributed by atoms with Crippen LogP contribution >= 0.6 is 0 Å². The molecule has 0 aliphatic carbocycles. The maximum absolute atomic E-state index is 11.7. The summed E-state index contributed by atoms with van der Waals surface area (Å²) in [6.07, 6.45) is 0.347. The van der Waals surface area contributed by atoms with Crippen molar-refractivity contribution in [2.24, 2.45) is 0 Å². The number of hydrogen-bond acceptors (Lipinski definition) is 5. The molecule has 1 aromatic rings. The number of carboxylic acids is 1. The highest BCUT2D eigenvalue weighted by molar-refractivity contribution is 7.91. The van der Waals surface area contributed by atoms with Crippen molar-refractivity contribution in [1.82, 2.24) is 5.32 Å². The van der Waals surface area contributed by atoms with E-state index in [1.54, 1.807) is 0 Å². The quantitative estimate of drug-likeness (QED) is 0.597. The Hall–Kier alpha value is -2.29. The zero-order valence-electron chi connectivity index (χ0n) is 10.9. The number of aromatic carboxylic acids is 1. The van der Waals surface area contributed by atoms with Crippen LogP contribution in [0.3, 0.4) is 0 Å². The van der Waals surface area contributed by atoms with Crippen molar-refractivity contribution in [2.75, 3.05) is 16.8 Å². The van der Waals surface area contributed by atoms with Crippen LogP contribution in [0.25, 0.3) is 0 Å². The number of anilines is 1. The number of hydrogen-bond donors (Lipinski definition) is 4. The Morgan fingerprint density at radius 1 is 1.29 bits per heavy atom. The minimum Gasteiger partial charge on any atom is -0.506 e. The number of phenols is 1. The third-order valence-corrected chi connectivity index (χ3v) is 4.83. The third-order valence-electron chi connectivity index (χ3n) is 3.06. The number of aromatic hydroxyl groups is 1. The molecule has 1 fully saturated rings. The van der Waals surface area contributed by atoms with Crippen LogP contribution in [0.2, 0.25) is 0 Å². The molecule has 9 heteroatoms. The molecule has 1 heterocycles. The van der Waals surface area contributed by atoms with E-state index < -0.39 is 27.9 Å². The van der Waals surface area contributed by atoms with E-state index in [2.05, 4.69) is 10.6 Å². The molecule has 1 aliphatic heterocycles. The van der Waals surface area contributed by atoms with Gasteiger partial charge in [0.25, 0.3) is 0 Å². The van der Waals surface area contributed by atoms with Crippen molar-refractivity contribution in [3.63, 3.8) is 0 Å². The summed E-state index contributed by atoms with van der Waals surface area (Å²) < 4.78 is 22.5. The first kappa shape index (κ1) is 15.1. The summed E-state index contributed by atoms with van der Waals surface area (Å²) in [6, 6.07) is 2.38. The molecule has 1 atom stereocenters. The lowest BCUT2D eigenvalue weighted by atomic mass is 10.2. The van der Waals surface area contributed by atoms with Gasteiger partial charge in [-0.25, -0.2) is 18.0 Å². The Kier molecular flexibility index (Phi) is 4.03. The number of carboxylic acid groups (broad SMARTS) is 1. The van der Waals surface area contributed by atoms with Crippen LogP contribution in [0, 0.1) is 0 Å². The summed E-state index contributed by atoms with van der Waals surface area (Å²) in [7, 11) is -3.09. The molecule has 1 saturated heterocycles. The molecule has 8 nitrogen and oxygen atoms in total. The maximum atomic E-state index is 11.7.